The lowest BCUT2D eigenvalue weighted by atomic mass is 9.67. The molecule has 0 aliphatic heterocycles. The Hall–Kier alpha value is -3.16. The van der Waals surface area contributed by atoms with Crippen molar-refractivity contribution in [2.45, 2.75) is 5.41 Å². The molecule has 0 nitrogen and oxygen atoms in total. The van der Waals surface area contributed by atoms with Gasteiger partial charge in [-0.3, -0.25) is 0 Å². The van der Waals surface area contributed by atoms with E-state index in [1.54, 1.807) is 0 Å². The molecular formula is C27H18S. The number of benzene rings is 4. The Morgan fingerprint density at radius 2 is 1.11 bits per heavy atom. The normalized spacial score (nSPS) is 14.0. The van der Waals surface area contributed by atoms with E-state index >= 15 is 0 Å². The van der Waals surface area contributed by atoms with Crippen LogP contribution in [0.4, 0.5) is 0 Å². The van der Waals surface area contributed by atoms with Crippen molar-refractivity contribution in [2.24, 2.45) is 0 Å². The molecule has 0 saturated carbocycles. The van der Waals surface area contributed by atoms with Crippen molar-refractivity contribution >= 4 is 21.4 Å². The van der Waals surface area contributed by atoms with Crippen molar-refractivity contribution in [1.29, 1.82) is 0 Å². The van der Waals surface area contributed by atoms with Gasteiger partial charge in [-0.05, 0) is 39.3 Å². The summed E-state index contributed by atoms with van der Waals surface area (Å²) in [7, 11) is 0. The molecule has 1 heteroatoms. The Labute approximate surface area is 168 Å². The predicted molar refractivity (Wildman–Crippen MR) is 119 cm³/mol. The number of hydrogen-bond acceptors (Lipinski definition) is 1. The van der Waals surface area contributed by atoms with Gasteiger partial charge in [-0.25, -0.2) is 0 Å². The standard InChI is InChI=1S/C27H18S/c1-3-11-19(12-4-1)27(20-13-5-2-6-14-20)23-17-9-7-15-21(23)26-25(27)22-16-8-10-18-24(22)28-26/h1-18H. The van der Waals surface area contributed by atoms with Gasteiger partial charge in [0.15, 0.2) is 0 Å². The maximum Gasteiger partial charge on any atom is 0.0728 e. The zero-order valence-corrected chi connectivity index (χ0v) is 16.1. The molecule has 0 unspecified atom stereocenters. The minimum atomic E-state index is -0.284. The Balaban J connectivity index is 1.87. The van der Waals surface area contributed by atoms with Crippen LogP contribution in [0, 0.1) is 0 Å². The molecule has 1 aliphatic rings. The second-order valence-electron chi connectivity index (χ2n) is 7.33. The summed E-state index contributed by atoms with van der Waals surface area (Å²) >= 11 is 1.92. The summed E-state index contributed by atoms with van der Waals surface area (Å²) in [6, 6.07) is 39.8. The Bertz CT molecular complexity index is 1260. The molecule has 0 bridgehead atoms. The van der Waals surface area contributed by atoms with Crippen molar-refractivity contribution in [3.05, 3.63) is 131 Å². The van der Waals surface area contributed by atoms with Crippen LogP contribution >= 0.6 is 11.3 Å². The van der Waals surface area contributed by atoms with Crippen LogP contribution in [0.2, 0.25) is 0 Å². The van der Waals surface area contributed by atoms with Gasteiger partial charge in [-0.1, -0.05) is 103 Å². The van der Waals surface area contributed by atoms with E-state index in [-0.39, 0.29) is 5.41 Å². The predicted octanol–water partition coefficient (Wildman–Crippen LogP) is 7.26. The largest absolute Gasteiger partial charge is 0.135 e. The second kappa shape index (κ2) is 5.92. The zero-order valence-electron chi connectivity index (χ0n) is 15.3. The molecule has 0 radical (unpaired) electrons. The molecule has 1 heterocycles. The van der Waals surface area contributed by atoms with Crippen molar-refractivity contribution in [3.8, 4) is 10.4 Å². The lowest BCUT2D eigenvalue weighted by Crippen LogP contribution is -2.28. The van der Waals surface area contributed by atoms with Crippen LogP contribution in [-0.2, 0) is 5.41 Å². The zero-order chi connectivity index (χ0) is 18.6. The fourth-order valence-electron chi connectivity index (χ4n) is 4.89. The topological polar surface area (TPSA) is 0 Å². The smallest absolute Gasteiger partial charge is 0.0728 e. The van der Waals surface area contributed by atoms with Gasteiger partial charge in [-0.2, -0.15) is 0 Å². The van der Waals surface area contributed by atoms with Gasteiger partial charge in [-0.15, -0.1) is 11.3 Å². The summed E-state index contributed by atoms with van der Waals surface area (Å²) < 4.78 is 1.36. The van der Waals surface area contributed by atoms with E-state index in [1.165, 1.54) is 42.8 Å². The summed E-state index contributed by atoms with van der Waals surface area (Å²) in [6.45, 7) is 0. The molecule has 1 aliphatic carbocycles. The van der Waals surface area contributed by atoms with Crippen LogP contribution in [0.1, 0.15) is 22.3 Å². The molecule has 6 rings (SSSR count). The first-order valence-corrected chi connectivity index (χ1v) is 10.5. The van der Waals surface area contributed by atoms with Gasteiger partial charge in [0.25, 0.3) is 0 Å². The molecule has 0 atom stereocenters. The molecule has 132 valence electrons. The van der Waals surface area contributed by atoms with Crippen LogP contribution in [0.3, 0.4) is 0 Å². The Morgan fingerprint density at radius 1 is 0.536 bits per heavy atom. The molecule has 0 fully saturated rings. The maximum absolute atomic E-state index is 2.32. The lowest BCUT2D eigenvalue weighted by Gasteiger charge is -2.33. The summed E-state index contributed by atoms with van der Waals surface area (Å²) in [5.41, 5.74) is 6.57. The van der Waals surface area contributed by atoms with Gasteiger partial charge in [0.2, 0.25) is 0 Å². The molecule has 5 aromatic rings. The quantitative estimate of drug-likeness (QED) is 0.299. The number of rotatable bonds is 2. The van der Waals surface area contributed by atoms with Gasteiger partial charge >= 0.3 is 0 Å². The molecule has 4 aromatic carbocycles. The van der Waals surface area contributed by atoms with Crippen LogP contribution in [-0.4, -0.2) is 0 Å². The van der Waals surface area contributed by atoms with E-state index in [4.69, 9.17) is 0 Å². The molecule has 0 amide bonds. The van der Waals surface area contributed by atoms with Crippen LogP contribution in [0.15, 0.2) is 109 Å². The highest BCUT2D eigenvalue weighted by atomic mass is 32.1. The first-order valence-electron chi connectivity index (χ1n) is 9.63. The van der Waals surface area contributed by atoms with Crippen molar-refractivity contribution < 1.29 is 0 Å². The molecule has 0 spiro atoms. The molecule has 0 N–H and O–H groups in total. The highest BCUT2D eigenvalue weighted by Crippen LogP contribution is 2.60. The Morgan fingerprint density at radius 3 is 1.82 bits per heavy atom. The summed E-state index contributed by atoms with van der Waals surface area (Å²) in [6.07, 6.45) is 0. The molecule has 28 heavy (non-hydrogen) atoms. The minimum Gasteiger partial charge on any atom is -0.135 e. The van der Waals surface area contributed by atoms with Crippen LogP contribution in [0.5, 0.6) is 0 Å². The SMILES string of the molecule is c1ccc(C2(c3ccccc3)c3ccccc3-c3sc4ccccc4c32)cc1. The lowest BCUT2D eigenvalue weighted by molar-refractivity contribution is 0.776. The fourth-order valence-corrected chi connectivity index (χ4v) is 6.19. The minimum absolute atomic E-state index is 0.284. The second-order valence-corrected chi connectivity index (χ2v) is 8.38. The fraction of sp³-hybridized carbons (Fsp3) is 0.0370. The first kappa shape index (κ1) is 15.9. The number of fused-ring (bicyclic) bond motifs is 5. The van der Waals surface area contributed by atoms with E-state index in [0.29, 0.717) is 0 Å². The highest BCUT2D eigenvalue weighted by molar-refractivity contribution is 7.22. The number of hydrogen-bond donors (Lipinski definition) is 0. The Kier molecular flexibility index (Phi) is 3.35. The van der Waals surface area contributed by atoms with Crippen molar-refractivity contribution in [3.63, 3.8) is 0 Å². The highest BCUT2D eigenvalue weighted by Gasteiger charge is 2.48. The van der Waals surface area contributed by atoms with Gasteiger partial charge in [0, 0.05) is 9.58 Å². The van der Waals surface area contributed by atoms with E-state index in [1.807, 2.05) is 11.3 Å². The van der Waals surface area contributed by atoms with Gasteiger partial charge in [0.05, 0.1) is 5.41 Å². The third-order valence-electron chi connectivity index (χ3n) is 5.96. The van der Waals surface area contributed by atoms with Crippen LogP contribution < -0.4 is 0 Å². The van der Waals surface area contributed by atoms with Crippen molar-refractivity contribution in [2.75, 3.05) is 0 Å². The maximum atomic E-state index is 2.32. The monoisotopic (exact) mass is 374 g/mol. The van der Waals surface area contributed by atoms with Crippen LogP contribution in [0.25, 0.3) is 20.5 Å². The van der Waals surface area contributed by atoms with Gasteiger partial charge < -0.3 is 0 Å². The van der Waals surface area contributed by atoms with Gasteiger partial charge in [0.1, 0.15) is 0 Å². The third-order valence-corrected chi connectivity index (χ3v) is 7.16. The van der Waals surface area contributed by atoms with E-state index < -0.39 is 0 Å². The van der Waals surface area contributed by atoms with E-state index in [0.717, 1.165) is 0 Å². The van der Waals surface area contributed by atoms with E-state index in [2.05, 4.69) is 109 Å². The third kappa shape index (κ3) is 1.95. The summed E-state index contributed by atoms with van der Waals surface area (Å²) in [4.78, 5) is 1.41. The van der Waals surface area contributed by atoms with Crippen molar-refractivity contribution in [1.82, 2.24) is 0 Å². The summed E-state index contributed by atoms with van der Waals surface area (Å²) in [5.74, 6) is 0. The average molecular weight is 375 g/mol. The number of thiophene rings is 1. The molecule has 0 saturated heterocycles. The molecule has 1 aromatic heterocycles. The first-order chi connectivity index (χ1) is 13.9. The average Bonchev–Trinajstić information content (AvgIpc) is 3.29. The summed E-state index contributed by atoms with van der Waals surface area (Å²) in [5, 5.41) is 1.37. The molecular weight excluding hydrogens is 356 g/mol. The van der Waals surface area contributed by atoms with E-state index in [9.17, 15) is 0 Å².